The fourth-order valence-electron chi connectivity index (χ4n) is 2.68. The number of carbonyl (C=O) groups excluding carboxylic acids is 2. The SMILES string of the molecule is O=C1/C(=C/c2cccs2)Oc2cc(OC(=O)C3CCCO3)ccc21. The maximum atomic E-state index is 12.3. The average molecular weight is 342 g/mol. The van der Waals surface area contributed by atoms with Crippen molar-refractivity contribution in [1.29, 1.82) is 0 Å². The molecule has 0 radical (unpaired) electrons. The minimum absolute atomic E-state index is 0.171. The summed E-state index contributed by atoms with van der Waals surface area (Å²) in [6.07, 6.45) is 2.74. The number of fused-ring (bicyclic) bond motifs is 1. The quantitative estimate of drug-likeness (QED) is 0.486. The molecule has 2 aliphatic heterocycles. The predicted octanol–water partition coefficient (Wildman–Crippen LogP) is 3.45. The van der Waals surface area contributed by atoms with Gasteiger partial charge in [-0.25, -0.2) is 4.79 Å². The van der Waals surface area contributed by atoms with Crippen LogP contribution in [0.15, 0.2) is 41.5 Å². The number of benzene rings is 1. The van der Waals surface area contributed by atoms with E-state index in [-0.39, 0.29) is 11.5 Å². The molecule has 2 aliphatic rings. The predicted molar refractivity (Wildman–Crippen MR) is 88.3 cm³/mol. The van der Waals surface area contributed by atoms with Crippen LogP contribution in [0.5, 0.6) is 11.5 Å². The number of rotatable bonds is 3. The third-order valence-corrected chi connectivity index (χ3v) is 4.69. The van der Waals surface area contributed by atoms with E-state index in [1.165, 1.54) is 11.3 Å². The van der Waals surface area contributed by atoms with Crippen molar-refractivity contribution >= 4 is 29.2 Å². The van der Waals surface area contributed by atoms with Crippen LogP contribution in [0.1, 0.15) is 28.1 Å². The van der Waals surface area contributed by atoms with E-state index in [1.807, 2.05) is 17.5 Å². The average Bonchev–Trinajstić information content (AvgIpc) is 3.31. The second-order valence-corrected chi connectivity index (χ2v) is 6.52. The molecule has 1 saturated heterocycles. The van der Waals surface area contributed by atoms with Crippen LogP contribution in [0, 0.1) is 0 Å². The Bertz CT molecular complexity index is 816. The van der Waals surface area contributed by atoms with Crippen molar-refractivity contribution in [2.45, 2.75) is 18.9 Å². The summed E-state index contributed by atoms with van der Waals surface area (Å²) in [5.74, 6) is 0.441. The molecule has 0 saturated carbocycles. The van der Waals surface area contributed by atoms with Gasteiger partial charge in [0.1, 0.15) is 11.5 Å². The molecule has 1 unspecified atom stereocenters. The number of hydrogen-bond acceptors (Lipinski definition) is 6. The molecule has 1 atom stereocenters. The van der Waals surface area contributed by atoms with Gasteiger partial charge in [0, 0.05) is 23.6 Å². The largest absolute Gasteiger partial charge is 0.452 e. The number of Topliss-reactive ketones (excluding diaryl/α,β-unsaturated/α-hetero) is 1. The van der Waals surface area contributed by atoms with E-state index >= 15 is 0 Å². The molecule has 1 aromatic carbocycles. The van der Waals surface area contributed by atoms with Crippen molar-refractivity contribution in [3.05, 3.63) is 51.9 Å². The number of ether oxygens (including phenoxy) is 3. The summed E-state index contributed by atoms with van der Waals surface area (Å²) in [7, 11) is 0. The third-order valence-electron chi connectivity index (χ3n) is 3.87. The van der Waals surface area contributed by atoms with Crippen molar-refractivity contribution in [1.82, 2.24) is 0 Å². The van der Waals surface area contributed by atoms with E-state index in [1.54, 1.807) is 24.3 Å². The zero-order valence-corrected chi connectivity index (χ0v) is 13.5. The molecule has 2 aromatic rings. The molecule has 24 heavy (non-hydrogen) atoms. The van der Waals surface area contributed by atoms with Gasteiger partial charge in [0.15, 0.2) is 11.9 Å². The number of carbonyl (C=O) groups is 2. The van der Waals surface area contributed by atoms with Crippen molar-refractivity contribution in [2.24, 2.45) is 0 Å². The summed E-state index contributed by atoms with van der Waals surface area (Å²) >= 11 is 1.52. The Morgan fingerprint density at radius 2 is 2.25 bits per heavy atom. The first-order valence-corrected chi connectivity index (χ1v) is 8.54. The molecular formula is C18H14O5S. The van der Waals surface area contributed by atoms with Crippen LogP contribution in [0.25, 0.3) is 6.08 Å². The molecule has 6 heteroatoms. The Morgan fingerprint density at radius 3 is 3.00 bits per heavy atom. The molecule has 0 N–H and O–H groups in total. The van der Waals surface area contributed by atoms with Crippen LogP contribution in [-0.2, 0) is 9.53 Å². The van der Waals surface area contributed by atoms with Gasteiger partial charge in [-0.15, -0.1) is 11.3 Å². The Morgan fingerprint density at radius 1 is 1.33 bits per heavy atom. The van der Waals surface area contributed by atoms with Gasteiger partial charge >= 0.3 is 5.97 Å². The lowest BCUT2D eigenvalue weighted by molar-refractivity contribution is -0.144. The molecule has 4 rings (SSSR count). The van der Waals surface area contributed by atoms with Crippen molar-refractivity contribution in [3.8, 4) is 11.5 Å². The van der Waals surface area contributed by atoms with Crippen LogP contribution in [0.2, 0.25) is 0 Å². The first-order chi connectivity index (χ1) is 11.7. The maximum absolute atomic E-state index is 12.3. The van der Waals surface area contributed by atoms with Crippen LogP contribution in [-0.4, -0.2) is 24.5 Å². The Kier molecular flexibility index (Phi) is 3.92. The smallest absolute Gasteiger partial charge is 0.340 e. The summed E-state index contributed by atoms with van der Waals surface area (Å²) in [5, 5.41) is 1.93. The summed E-state index contributed by atoms with van der Waals surface area (Å²) in [5.41, 5.74) is 0.467. The molecule has 0 spiro atoms. The van der Waals surface area contributed by atoms with E-state index in [0.29, 0.717) is 30.1 Å². The third kappa shape index (κ3) is 2.86. The molecular weight excluding hydrogens is 328 g/mol. The molecule has 1 aromatic heterocycles. The molecule has 0 amide bonds. The second kappa shape index (κ2) is 6.22. The number of esters is 1. The van der Waals surface area contributed by atoms with E-state index < -0.39 is 12.1 Å². The number of thiophene rings is 1. The normalized spacial score (nSPS) is 20.9. The van der Waals surface area contributed by atoms with E-state index in [4.69, 9.17) is 14.2 Å². The highest BCUT2D eigenvalue weighted by Gasteiger charge is 2.29. The Balaban J connectivity index is 1.53. The monoisotopic (exact) mass is 342 g/mol. The Hall–Kier alpha value is -2.44. The van der Waals surface area contributed by atoms with Crippen LogP contribution < -0.4 is 9.47 Å². The molecule has 5 nitrogen and oxygen atoms in total. The van der Waals surface area contributed by atoms with Gasteiger partial charge in [-0.3, -0.25) is 4.79 Å². The summed E-state index contributed by atoms with van der Waals surface area (Å²) in [6, 6.07) is 8.60. The van der Waals surface area contributed by atoms with Gasteiger partial charge < -0.3 is 14.2 Å². The number of ketones is 1. The van der Waals surface area contributed by atoms with Gasteiger partial charge in [0.25, 0.3) is 0 Å². The van der Waals surface area contributed by atoms with Gasteiger partial charge in [0.05, 0.1) is 5.56 Å². The molecule has 0 aliphatic carbocycles. The van der Waals surface area contributed by atoms with Crippen LogP contribution in [0.3, 0.4) is 0 Å². The van der Waals surface area contributed by atoms with Crippen molar-refractivity contribution in [3.63, 3.8) is 0 Å². The lowest BCUT2D eigenvalue weighted by atomic mass is 10.1. The van der Waals surface area contributed by atoms with Gasteiger partial charge in [-0.2, -0.15) is 0 Å². The molecule has 122 valence electrons. The highest BCUT2D eigenvalue weighted by molar-refractivity contribution is 7.10. The lowest BCUT2D eigenvalue weighted by Gasteiger charge is -2.09. The minimum atomic E-state index is -0.505. The fraction of sp³-hybridized carbons (Fsp3) is 0.222. The zero-order valence-electron chi connectivity index (χ0n) is 12.7. The van der Waals surface area contributed by atoms with Crippen molar-refractivity contribution < 1.29 is 23.8 Å². The molecule has 1 fully saturated rings. The zero-order chi connectivity index (χ0) is 16.5. The maximum Gasteiger partial charge on any atom is 0.340 e. The van der Waals surface area contributed by atoms with Crippen LogP contribution >= 0.6 is 11.3 Å². The first kappa shape index (κ1) is 15.1. The summed E-state index contributed by atoms with van der Waals surface area (Å²) in [6.45, 7) is 0.582. The topological polar surface area (TPSA) is 61.8 Å². The van der Waals surface area contributed by atoms with E-state index in [0.717, 1.165) is 11.3 Å². The van der Waals surface area contributed by atoms with E-state index in [9.17, 15) is 9.59 Å². The van der Waals surface area contributed by atoms with Gasteiger partial charge in [-0.05, 0) is 36.4 Å². The standard InChI is InChI=1S/C18H14O5S/c19-17-13-6-5-11(22-18(20)14-4-1-7-21-14)9-15(13)23-16(17)10-12-3-2-8-24-12/h2-3,5-6,8-10,14H,1,4,7H2/b16-10-. The second-order valence-electron chi connectivity index (χ2n) is 5.54. The van der Waals surface area contributed by atoms with Crippen LogP contribution in [0.4, 0.5) is 0 Å². The molecule has 0 bridgehead atoms. The Labute approximate surface area is 142 Å². The minimum Gasteiger partial charge on any atom is -0.452 e. The number of hydrogen-bond donors (Lipinski definition) is 0. The highest BCUT2D eigenvalue weighted by atomic mass is 32.1. The summed E-state index contributed by atoms with van der Waals surface area (Å²) in [4.78, 5) is 25.3. The number of allylic oxidation sites excluding steroid dienone is 1. The van der Waals surface area contributed by atoms with Crippen molar-refractivity contribution in [2.75, 3.05) is 6.61 Å². The van der Waals surface area contributed by atoms with E-state index in [2.05, 4.69) is 0 Å². The first-order valence-electron chi connectivity index (χ1n) is 7.66. The summed E-state index contributed by atoms with van der Waals surface area (Å²) < 4.78 is 16.3. The lowest BCUT2D eigenvalue weighted by Crippen LogP contribution is -2.24. The van der Waals surface area contributed by atoms with Gasteiger partial charge in [-0.1, -0.05) is 6.07 Å². The highest BCUT2D eigenvalue weighted by Crippen LogP contribution is 2.35. The molecule has 3 heterocycles. The fourth-order valence-corrected chi connectivity index (χ4v) is 3.33. The van der Waals surface area contributed by atoms with Gasteiger partial charge in [0.2, 0.25) is 5.78 Å².